The predicted octanol–water partition coefficient (Wildman–Crippen LogP) is 5.89. The quantitative estimate of drug-likeness (QED) is 0.533. The van der Waals surface area contributed by atoms with Crippen LogP contribution in [0.1, 0.15) is 13.8 Å². The molecule has 27 heavy (non-hydrogen) atoms. The second-order valence-corrected chi connectivity index (χ2v) is 7.52. The lowest BCUT2D eigenvalue weighted by Crippen LogP contribution is -2.21. The van der Waals surface area contributed by atoms with Crippen molar-refractivity contribution in [2.75, 3.05) is 30.9 Å². The number of hydrogen-bond acceptors (Lipinski definition) is 3. The third-order valence-corrected chi connectivity index (χ3v) is 5.07. The topological polar surface area (TPSA) is 32.3 Å². The van der Waals surface area contributed by atoms with Crippen molar-refractivity contribution in [3.63, 3.8) is 0 Å². The number of Topliss-reactive ketones (excluding diaryl/α,β-unsaturated/α-hetero) is 1. The fourth-order valence-electron chi connectivity index (χ4n) is 2.80. The van der Waals surface area contributed by atoms with Crippen molar-refractivity contribution < 1.29 is 4.79 Å². The summed E-state index contributed by atoms with van der Waals surface area (Å²) in [5.41, 5.74) is 4.34. The highest BCUT2D eigenvalue weighted by Crippen LogP contribution is 2.36. The van der Waals surface area contributed by atoms with Crippen molar-refractivity contribution in [3.8, 4) is 11.1 Å². The summed E-state index contributed by atoms with van der Waals surface area (Å²) in [4.78, 5) is 14.6. The van der Waals surface area contributed by atoms with Crippen LogP contribution in [-0.4, -0.2) is 26.4 Å². The molecule has 0 saturated heterocycles. The summed E-state index contributed by atoms with van der Waals surface area (Å²) in [7, 11) is 4.05. The first-order valence-corrected chi connectivity index (χ1v) is 9.85. The van der Waals surface area contributed by atoms with Crippen LogP contribution in [0.25, 0.3) is 11.1 Å². The zero-order chi connectivity index (χ0) is 19.8. The van der Waals surface area contributed by atoms with Gasteiger partial charge in [-0.2, -0.15) is 0 Å². The molecular weight excluding hydrogens is 400 g/mol. The van der Waals surface area contributed by atoms with Crippen molar-refractivity contribution in [1.29, 1.82) is 0 Å². The Morgan fingerprint density at radius 2 is 1.85 bits per heavy atom. The Morgan fingerprint density at radius 3 is 2.48 bits per heavy atom. The van der Waals surface area contributed by atoms with Crippen LogP contribution < -0.4 is 10.2 Å². The molecule has 0 saturated carbocycles. The molecule has 0 fully saturated rings. The van der Waals surface area contributed by atoms with Crippen LogP contribution in [-0.2, 0) is 4.79 Å². The van der Waals surface area contributed by atoms with Crippen LogP contribution in [0.15, 0.2) is 71.2 Å². The average molecular weight is 427 g/mol. The van der Waals surface area contributed by atoms with E-state index in [0.29, 0.717) is 0 Å². The molecule has 4 heteroatoms. The van der Waals surface area contributed by atoms with E-state index in [9.17, 15) is 4.79 Å². The summed E-state index contributed by atoms with van der Waals surface area (Å²) in [5.74, 6) is 0.00239. The van der Waals surface area contributed by atoms with Crippen molar-refractivity contribution in [2.24, 2.45) is 5.92 Å². The van der Waals surface area contributed by atoms with E-state index in [1.807, 2.05) is 76.5 Å². The lowest BCUT2D eigenvalue weighted by molar-refractivity contribution is -0.119. The molecule has 2 aromatic rings. The lowest BCUT2D eigenvalue weighted by Gasteiger charge is -2.22. The summed E-state index contributed by atoms with van der Waals surface area (Å²) >= 11 is 3.43. The van der Waals surface area contributed by atoms with Gasteiger partial charge in [0.1, 0.15) is 0 Å². The normalized spacial score (nSPS) is 12.9. The predicted molar refractivity (Wildman–Crippen MR) is 121 cm³/mol. The number of hydrogen-bond donors (Lipinski definition) is 1. The molecule has 0 aliphatic heterocycles. The van der Waals surface area contributed by atoms with E-state index in [1.165, 1.54) is 0 Å². The van der Waals surface area contributed by atoms with E-state index < -0.39 is 0 Å². The van der Waals surface area contributed by atoms with E-state index in [1.54, 1.807) is 0 Å². The summed E-state index contributed by atoms with van der Waals surface area (Å²) in [6.07, 6.45) is 5.79. The number of halogens is 1. The molecule has 0 heterocycles. The molecule has 0 spiro atoms. The van der Waals surface area contributed by atoms with Gasteiger partial charge >= 0.3 is 0 Å². The first-order chi connectivity index (χ1) is 12.9. The summed E-state index contributed by atoms with van der Waals surface area (Å²) in [5, 5.41) is 3.34. The Bertz CT molecular complexity index is 826. The molecule has 1 N–H and O–H groups in total. The molecule has 0 amide bonds. The van der Waals surface area contributed by atoms with E-state index in [0.717, 1.165) is 27.0 Å². The van der Waals surface area contributed by atoms with Gasteiger partial charge in [0.15, 0.2) is 5.78 Å². The second-order valence-electron chi connectivity index (χ2n) is 6.60. The Hall–Kier alpha value is -2.33. The number of benzene rings is 2. The molecule has 1 atom stereocenters. The number of nitrogens with one attached hydrogen (secondary N) is 1. The monoisotopic (exact) mass is 426 g/mol. The van der Waals surface area contributed by atoms with Gasteiger partial charge in [-0.25, -0.2) is 0 Å². The minimum Gasteiger partial charge on any atom is -0.376 e. The molecule has 2 aromatic carbocycles. The minimum absolute atomic E-state index is 0.148. The Morgan fingerprint density at radius 1 is 1.15 bits per heavy atom. The van der Waals surface area contributed by atoms with Crippen LogP contribution in [0.3, 0.4) is 0 Å². The van der Waals surface area contributed by atoms with E-state index in [4.69, 9.17) is 0 Å². The molecule has 142 valence electrons. The average Bonchev–Trinajstić information content (AvgIpc) is 2.69. The molecule has 0 bridgehead atoms. The lowest BCUT2D eigenvalue weighted by atomic mass is 10.0. The van der Waals surface area contributed by atoms with Crippen LogP contribution in [0.2, 0.25) is 0 Å². The number of para-hydroxylation sites is 1. The van der Waals surface area contributed by atoms with Crippen molar-refractivity contribution in [2.45, 2.75) is 13.8 Å². The highest BCUT2D eigenvalue weighted by Gasteiger charge is 2.14. The zero-order valence-corrected chi connectivity index (χ0v) is 18.0. The fraction of sp³-hybridized carbons (Fsp3) is 0.261. The molecule has 0 aliphatic rings. The molecule has 0 aromatic heterocycles. The fourth-order valence-corrected chi connectivity index (χ4v) is 2.95. The van der Waals surface area contributed by atoms with Crippen molar-refractivity contribution in [1.82, 2.24) is 0 Å². The first kappa shape index (κ1) is 21.0. The Kier molecular flexibility index (Phi) is 7.86. The van der Waals surface area contributed by atoms with E-state index in [2.05, 4.69) is 44.3 Å². The molecule has 0 radical (unpaired) electrons. The standard InChI is InChI=1S/C23H27BrN2O/c1-5-19(24)15-14-17(2)22(27)16-25-21-13-9-12-20(23(21)26(3)4)18-10-7-6-8-11-18/h5-15,17,25H,16H2,1-4H3/b15-14-,19-5+. The molecule has 3 nitrogen and oxygen atoms in total. The highest BCUT2D eigenvalue weighted by atomic mass is 79.9. The van der Waals surface area contributed by atoms with Gasteiger partial charge in [-0.3, -0.25) is 4.79 Å². The molecule has 1 unspecified atom stereocenters. The van der Waals surface area contributed by atoms with Gasteiger partial charge in [0.25, 0.3) is 0 Å². The first-order valence-electron chi connectivity index (χ1n) is 9.06. The Labute approximate surface area is 170 Å². The number of anilines is 2. The SMILES string of the molecule is C/C=C(Br)\C=C/C(C)C(=O)CNc1cccc(-c2ccccc2)c1N(C)C. The zero-order valence-electron chi connectivity index (χ0n) is 16.4. The third kappa shape index (κ3) is 5.83. The van der Waals surface area contributed by atoms with Gasteiger partial charge in [-0.1, -0.05) is 83.5 Å². The van der Waals surface area contributed by atoms with Gasteiger partial charge in [-0.15, -0.1) is 0 Å². The number of carbonyl (C=O) groups is 1. The second kappa shape index (κ2) is 10.1. The Balaban J connectivity index is 2.19. The number of allylic oxidation sites excluding steroid dienone is 4. The number of rotatable bonds is 8. The van der Waals surface area contributed by atoms with Crippen molar-refractivity contribution in [3.05, 3.63) is 71.2 Å². The van der Waals surface area contributed by atoms with Crippen LogP contribution in [0, 0.1) is 5.92 Å². The van der Waals surface area contributed by atoms with Gasteiger partial charge < -0.3 is 10.2 Å². The van der Waals surface area contributed by atoms with Crippen LogP contribution in [0.4, 0.5) is 11.4 Å². The largest absolute Gasteiger partial charge is 0.376 e. The smallest absolute Gasteiger partial charge is 0.158 e. The third-order valence-electron chi connectivity index (χ3n) is 4.35. The van der Waals surface area contributed by atoms with Crippen molar-refractivity contribution >= 4 is 33.1 Å². The minimum atomic E-state index is -0.148. The maximum Gasteiger partial charge on any atom is 0.158 e. The van der Waals surface area contributed by atoms with Gasteiger partial charge in [0.05, 0.1) is 17.9 Å². The summed E-state index contributed by atoms with van der Waals surface area (Å²) < 4.78 is 0.973. The molecule has 2 rings (SSSR count). The van der Waals surface area contributed by atoms with Gasteiger partial charge in [0, 0.05) is 30.1 Å². The van der Waals surface area contributed by atoms with E-state index >= 15 is 0 Å². The number of carbonyl (C=O) groups excluding carboxylic acids is 1. The maximum absolute atomic E-state index is 12.5. The van der Waals surface area contributed by atoms with Gasteiger partial charge in [-0.05, 0) is 18.6 Å². The van der Waals surface area contributed by atoms with Crippen LogP contribution in [0.5, 0.6) is 0 Å². The number of nitrogens with zero attached hydrogens (tertiary/aromatic N) is 1. The molecule has 0 aliphatic carbocycles. The van der Waals surface area contributed by atoms with Crippen LogP contribution >= 0.6 is 15.9 Å². The maximum atomic E-state index is 12.5. The summed E-state index contributed by atoms with van der Waals surface area (Å²) in [6.45, 7) is 4.16. The van der Waals surface area contributed by atoms with Gasteiger partial charge in [0.2, 0.25) is 0 Å². The number of ketones is 1. The highest BCUT2D eigenvalue weighted by molar-refractivity contribution is 9.11. The van der Waals surface area contributed by atoms with E-state index in [-0.39, 0.29) is 18.2 Å². The summed E-state index contributed by atoms with van der Waals surface area (Å²) in [6, 6.07) is 16.4. The molecular formula is C23H27BrN2O.